The van der Waals surface area contributed by atoms with Crippen LogP contribution in [0.2, 0.25) is 0 Å². The molecule has 0 aliphatic heterocycles. The van der Waals surface area contributed by atoms with E-state index in [1.54, 1.807) is 6.21 Å². The van der Waals surface area contributed by atoms with Crippen LogP contribution in [-0.4, -0.2) is 25.3 Å². The molecule has 1 amide bonds. The van der Waals surface area contributed by atoms with Gasteiger partial charge in [-0.05, 0) is 43.2 Å². The number of aryl methyl sites for hydroxylation is 2. The number of para-hydroxylation sites is 1. The van der Waals surface area contributed by atoms with Crippen LogP contribution in [0, 0.1) is 13.8 Å². The molecule has 2 aromatic rings. The molecule has 2 aromatic carbocycles. The van der Waals surface area contributed by atoms with Crippen LogP contribution in [0.25, 0.3) is 0 Å². The van der Waals surface area contributed by atoms with Gasteiger partial charge in [0.15, 0.2) is 0 Å². The quantitative estimate of drug-likeness (QED) is 0.453. The van der Waals surface area contributed by atoms with Crippen LogP contribution in [-0.2, 0) is 4.79 Å². The fraction of sp³-hybridized carbons (Fsp3) is 0.300. The predicted molar refractivity (Wildman–Crippen MR) is 99.4 cm³/mol. The number of hydrogen-bond donors (Lipinski definition) is 1. The Kier molecular flexibility index (Phi) is 7.01. The van der Waals surface area contributed by atoms with E-state index < -0.39 is 0 Å². The maximum absolute atomic E-state index is 10.9. The predicted octanol–water partition coefficient (Wildman–Crippen LogP) is 3.62. The number of carbonyl (C=O) groups excluding carboxylic acids is 1. The third kappa shape index (κ3) is 6.30. The van der Waals surface area contributed by atoms with Gasteiger partial charge in [-0.3, -0.25) is 4.79 Å². The Morgan fingerprint density at radius 1 is 1.08 bits per heavy atom. The van der Waals surface area contributed by atoms with E-state index in [1.807, 2.05) is 37.3 Å². The summed E-state index contributed by atoms with van der Waals surface area (Å²) >= 11 is 0. The van der Waals surface area contributed by atoms with Gasteiger partial charge < -0.3 is 9.47 Å². The van der Waals surface area contributed by atoms with Gasteiger partial charge in [0.2, 0.25) is 5.91 Å². The number of benzene rings is 2. The third-order valence-electron chi connectivity index (χ3n) is 3.49. The maximum atomic E-state index is 10.9. The maximum Gasteiger partial charge on any atom is 0.236 e. The Morgan fingerprint density at radius 3 is 2.56 bits per heavy atom. The van der Waals surface area contributed by atoms with Crippen molar-refractivity contribution in [3.05, 3.63) is 59.2 Å². The molecule has 0 saturated heterocycles. The summed E-state index contributed by atoms with van der Waals surface area (Å²) in [4.78, 5) is 10.9. The highest BCUT2D eigenvalue weighted by molar-refractivity contribution is 5.84. The van der Waals surface area contributed by atoms with Crippen LogP contribution in [0.3, 0.4) is 0 Å². The molecule has 0 aliphatic rings. The van der Waals surface area contributed by atoms with Crippen molar-refractivity contribution in [2.24, 2.45) is 5.10 Å². The first-order chi connectivity index (χ1) is 12.1. The van der Waals surface area contributed by atoms with Crippen molar-refractivity contribution < 1.29 is 14.3 Å². The molecule has 0 heterocycles. The molecule has 0 radical (unpaired) electrons. The standard InChI is InChI=1S/C20H24N2O3/c1-15-9-10-16(2)20(13-15)25-12-6-11-24-19-8-5-4-7-18(19)14-21-22-17(3)23/h4-5,7-10,13-14H,6,11-12H2,1-3H3,(H,22,23)/b21-14-. The molecule has 2 rings (SSSR count). The van der Waals surface area contributed by atoms with E-state index in [4.69, 9.17) is 9.47 Å². The van der Waals surface area contributed by atoms with Crippen molar-refractivity contribution in [1.29, 1.82) is 0 Å². The summed E-state index contributed by atoms with van der Waals surface area (Å²) in [7, 11) is 0. The number of hydrazone groups is 1. The lowest BCUT2D eigenvalue weighted by Gasteiger charge is -2.11. The molecule has 132 valence electrons. The Balaban J connectivity index is 1.81. The minimum absolute atomic E-state index is 0.210. The fourth-order valence-corrected chi connectivity index (χ4v) is 2.20. The average molecular weight is 340 g/mol. The minimum Gasteiger partial charge on any atom is -0.493 e. The van der Waals surface area contributed by atoms with Crippen molar-refractivity contribution in [2.75, 3.05) is 13.2 Å². The number of amides is 1. The molecule has 5 nitrogen and oxygen atoms in total. The summed E-state index contributed by atoms with van der Waals surface area (Å²) < 4.78 is 11.6. The number of ether oxygens (including phenoxy) is 2. The normalized spacial score (nSPS) is 10.7. The van der Waals surface area contributed by atoms with E-state index in [0.717, 1.165) is 29.0 Å². The molecule has 0 fully saturated rings. The number of rotatable bonds is 8. The van der Waals surface area contributed by atoms with Gasteiger partial charge in [-0.2, -0.15) is 5.10 Å². The van der Waals surface area contributed by atoms with Crippen LogP contribution in [0.4, 0.5) is 0 Å². The van der Waals surface area contributed by atoms with Crippen molar-refractivity contribution in [3.8, 4) is 11.5 Å². The molecule has 0 aromatic heterocycles. The molecule has 0 atom stereocenters. The molecule has 25 heavy (non-hydrogen) atoms. The second-order valence-corrected chi connectivity index (χ2v) is 5.78. The lowest BCUT2D eigenvalue weighted by atomic mass is 10.1. The summed E-state index contributed by atoms with van der Waals surface area (Å²) in [6, 6.07) is 13.7. The first-order valence-corrected chi connectivity index (χ1v) is 8.28. The monoisotopic (exact) mass is 340 g/mol. The highest BCUT2D eigenvalue weighted by Gasteiger charge is 2.02. The van der Waals surface area contributed by atoms with Crippen LogP contribution in [0.5, 0.6) is 11.5 Å². The highest BCUT2D eigenvalue weighted by Crippen LogP contribution is 2.19. The van der Waals surface area contributed by atoms with Crippen molar-refractivity contribution in [1.82, 2.24) is 5.43 Å². The van der Waals surface area contributed by atoms with Gasteiger partial charge in [0.05, 0.1) is 19.4 Å². The van der Waals surface area contributed by atoms with Crippen LogP contribution < -0.4 is 14.9 Å². The molecule has 1 N–H and O–H groups in total. The Labute approximate surface area is 148 Å². The number of nitrogens with zero attached hydrogens (tertiary/aromatic N) is 1. The van der Waals surface area contributed by atoms with E-state index in [0.29, 0.717) is 13.2 Å². The Hall–Kier alpha value is -2.82. The van der Waals surface area contributed by atoms with Gasteiger partial charge in [0.25, 0.3) is 0 Å². The zero-order valence-corrected chi connectivity index (χ0v) is 14.9. The lowest BCUT2D eigenvalue weighted by Crippen LogP contribution is -2.12. The molecule has 0 spiro atoms. The fourth-order valence-electron chi connectivity index (χ4n) is 2.20. The average Bonchev–Trinajstić information content (AvgIpc) is 2.58. The number of carbonyl (C=O) groups is 1. The molecule has 0 saturated carbocycles. The highest BCUT2D eigenvalue weighted by atomic mass is 16.5. The SMILES string of the molecule is CC(=O)N/N=C\c1ccccc1OCCCOc1cc(C)ccc1C. The van der Waals surface area contributed by atoms with E-state index >= 15 is 0 Å². The number of hydrogen-bond acceptors (Lipinski definition) is 4. The Bertz CT molecular complexity index is 741. The summed E-state index contributed by atoms with van der Waals surface area (Å²) in [6.45, 7) is 6.63. The van der Waals surface area contributed by atoms with Gasteiger partial charge in [0.1, 0.15) is 11.5 Å². The van der Waals surface area contributed by atoms with Gasteiger partial charge >= 0.3 is 0 Å². The van der Waals surface area contributed by atoms with E-state index in [9.17, 15) is 4.79 Å². The molecular formula is C20H24N2O3. The van der Waals surface area contributed by atoms with Crippen molar-refractivity contribution in [3.63, 3.8) is 0 Å². The summed E-state index contributed by atoms with van der Waals surface area (Å²) in [5.41, 5.74) is 5.51. The van der Waals surface area contributed by atoms with Crippen LogP contribution in [0.1, 0.15) is 30.0 Å². The van der Waals surface area contributed by atoms with E-state index in [2.05, 4.69) is 29.6 Å². The van der Waals surface area contributed by atoms with Crippen LogP contribution >= 0.6 is 0 Å². The second kappa shape index (κ2) is 9.47. The molecule has 0 bridgehead atoms. The van der Waals surface area contributed by atoms with E-state index in [-0.39, 0.29) is 5.91 Å². The first kappa shape index (κ1) is 18.5. The van der Waals surface area contributed by atoms with Crippen molar-refractivity contribution >= 4 is 12.1 Å². The lowest BCUT2D eigenvalue weighted by molar-refractivity contribution is -0.118. The third-order valence-corrected chi connectivity index (χ3v) is 3.49. The van der Waals surface area contributed by atoms with Gasteiger partial charge in [-0.25, -0.2) is 5.43 Å². The first-order valence-electron chi connectivity index (χ1n) is 8.28. The zero-order valence-electron chi connectivity index (χ0n) is 14.9. The molecular weight excluding hydrogens is 316 g/mol. The van der Waals surface area contributed by atoms with Gasteiger partial charge in [0, 0.05) is 18.9 Å². The van der Waals surface area contributed by atoms with E-state index in [1.165, 1.54) is 12.5 Å². The summed E-state index contributed by atoms with van der Waals surface area (Å²) in [5.74, 6) is 1.43. The molecule has 0 unspecified atom stereocenters. The minimum atomic E-state index is -0.210. The largest absolute Gasteiger partial charge is 0.493 e. The number of nitrogens with one attached hydrogen (secondary N) is 1. The summed E-state index contributed by atoms with van der Waals surface area (Å²) in [6.07, 6.45) is 2.34. The van der Waals surface area contributed by atoms with Gasteiger partial charge in [-0.15, -0.1) is 0 Å². The molecule has 5 heteroatoms. The smallest absolute Gasteiger partial charge is 0.236 e. The van der Waals surface area contributed by atoms with Crippen molar-refractivity contribution in [2.45, 2.75) is 27.2 Å². The molecule has 0 aliphatic carbocycles. The van der Waals surface area contributed by atoms with Crippen LogP contribution in [0.15, 0.2) is 47.6 Å². The summed E-state index contributed by atoms with van der Waals surface area (Å²) in [5, 5.41) is 3.87. The Morgan fingerprint density at radius 2 is 1.80 bits per heavy atom. The van der Waals surface area contributed by atoms with Gasteiger partial charge in [-0.1, -0.05) is 24.3 Å². The zero-order chi connectivity index (χ0) is 18.1. The second-order valence-electron chi connectivity index (χ2n) is 5.78. The topological polar surface area (TPSA) is 59.9 Å².